The van der Waals surface area contributed by atoms with Crippen LogP contribution >= 0.6 is 24.0 Å². The van der Waals surface area contributed by atoms with Crippen molar-refractivity contribution in [1.82, 2.24) is 15.5 Å². The topological polar surface area (TPSA) is 66.0 Å². The molecular weight excluding hydrogens is 486 g/mol. The Morgan fingerprint density at radius 1 is 1.03 bits per heavy atom. The standard InChI is InChI=1S/C21H27FN4O2.HI/c1-23-21(26(2)15-17-6-10-19(28-3)11-7-17)25-13-12-24-20(27)14-16-4-8-18(22)9-5-16;/h4-11H,12-15H2,1-3H3,(H,23,25)(H,24,27);1H. The van der Waals surface area contributed by atoms with Gasteiger partial charge in [0, 0.05) is 33.7 Å². The first kappa shape index (κ1) is 24.7. The second-order valence-corrected chi connectivity index (χ2v) is 6.33. The summed E-state index contributed by atoms with van der Waals surface area (Å²) in [5, 5.41) is 6.07. The lowest BCUT2D eigenvalue weighted by molar-refractivity contribution is -0.120. The fraction of sp³-hybridized carbons (Fsp3) is 0.333. The van der Waals surface area contributed by atoms with E-state index in [9.17, 15) is 9.18 Å². The molecule has 0 saturated carbocycles. The Kier molecular flexibility index (Phi) is 11.0. The zero-order valence-electron chi connectivity index (χ0n) is 16.9. The van der Waals surface area contributed by atoms with Crippen LogP contribution in [-0.2, 0) is 17.8 Å². The number of benzene rings is 2. The van der Waals surface area contributed by atoms with E-state index in [1.165, 1.54) is 12.1 Å². The molecule has 0 aliphatic rings. The van der Waals surface area contributed by atoms with Crippen LogP contribution in [-0.4, -0.2) is 51.1 Å². The number of methoxy groups -OCH3 is 1. The Labute approximate surface area is 188 Å². The zero-order chi connectivity index (χ0) is 20.4. The maximum atomic E-state index is 12.9. The second kappa shape index (κ2) is 13.0. The number of carbonyl (C=O) groups excluding carboxylic acids is 1. The van der Waals surface area contributed by atoms with Crippen molar-refractivity contribution >= 4 is 35.8 Å². The minimum absolute atomic E-state index is 0. The third-order valence-corrected chi connectivity index (χ3v) is 4.16. The predicted octanol–water partition coefficient (Wildman–Crippen LogP) is 2.82. The van der Waals surface area contributed by atoms with Crippen molar-refractivity contribution in [1.29, 1.82) is 0 Å². The van der Waals surface area contributed by atoms with Gasteiger partial charge in [0.25, 0.3) is 0 Å². The van der Waals surface area contributed by atoms with Gasteiger partial charge in [-0.2, -0.15) is 0 Å². The lowest BCUT2D eigenvalue weighted by Crippen LogP contribution is -2.42. The van der Waals surface area contributed by atoms with Gasteiger partial charge in [0.2, 0.25) is 5.91 Å². The molecule has 29 heavy (non-hydrogen) atoms. The Bertz CT molecular complexity index is 782. The molecule has 6 nitrogen and oxygen atoms in total. The first-order chi connectivity index (χ1) is 13.5. The molecule has 0 heterocycles. The van der Waals surface area contributed by atoms with Crippen molar-refractivity contribution in [3.8, 4) is 5.75 Å². The van der Waals surface area contributed by atoms with Crippen molar-refractivity contribution in [3.63, 3.8) is 0 Å². The number of hydrogen-bond donors (Lipinski definition) is 2. The van der Waals surface area contributed by atoms with Gasteiger partial charge in [-0.25, -0.2) is 4.39 Å². The number of amides is 1. The van der Waals surface area contributed by atoms with Crippen LogP contribution in [0.1, 0.15) is 11.1 Å². The van der Waals surface area contributed by atoms with Crippen LogP contribution < -0.4 is 15.4 Å². The highest BCUT2D eigenvalue weighted by Gasteiger charge is 2.07. The molecule has 158 valence electrons. The normalized spacial score (nSPS) is 10.7. The maximum Gasteiger partial charge on any atom is 0.224 e. The van der Waals surface area contributed by atoms with Crippen molar-refractivity contribution in [2.45, 2.75) is 13.0 Å². The number of ether oxygens (including phenoxy) is 1. The molecular formula is C21H28FIN4O2. The average Bonchev–Trinajstić information content (AvgIpc) is 2.70. The Balaban J connectivity index is 0.00000420. The van der Waals surface area contributed by atoms with E-state index >= 15 is 0 Å². The monoisotopic (exact) mass is 514 g/mol. The summed E-state index contributed by atoms with van der Waals surface area (Å²) >= 11 is 0. The molecule has 0 unspecified atom stereocenters. The lowest BCUT2D eigenvalue weighted by atomic mass is 10.1. The second-order valence-electron chi connectivity index (χ2n) is 6.33. The molecule has 0 aliphatic carbocycles. The number of carbonyl (C=O) groups is 1. The summed E-state index contributed by atoms with van der Waals surface area (Å²) in [5.41, 5.74) is 1.92. The molecule has 0 fully saturated rings. The van der Waals surface area contributed by atoms with E-state index in [1.54, 1.807) is 26.3 Å². The average molecular weight is 514 g/mol. The zero-order valence-corrected chi connectivity index (χ0v) is 19.3. The van der Waals surface area contributed by atoms with Gasteiger partial charge in [0.15, 0.2) is 5.96 Å². The molecule has 2 aromatic rings. The number of aliphatic imine (C=N–C) groups is 1. The Morgan fingerprint density at radius 3 is 2.21 bits per heavy atom. The van der Waals surface area contributed by atoms with Crippen molar-refractivity contribution in [3.05, 3.63) is 65.5 Å². The van der Waals surface area contributed by atoms with Crippen LogP contribution in [0.3, 0.4) is 0 Å². The van der Waals surface area contributed by atoms with E-state index in [0.29, 0.717) is 19.6 Å². The highest BCUT2D eigenvalue weighted by molar-refractivity contribution is 14.0. The van der Waals surface area contributed by atoms with Gasteiger partial charge in [-0.05, 0) is 35.4 Å². The summed E-state index contributed by atoms with van der Waals surface area (Å²) in [6.07, 6.45) is 0.229. The summed E-state index contributed by atoms with van der Waals surface area (Å²) in [7, 11) is 5.32. The summed E-state index contributed by atoms with van der Waals surface area (Å²) in [6.45, 7) is 1.71. The number of hydrogen-bond acceptors (Lipinski definition) is 3. The van der Waals surface area contributed by atoms with E-state index in [0.717, 1.165) is 22.8 Å². The van der Waals surface area contributed by atoms with Crippen molar-refractivity contribution in [2.24, 2.45) is 4.99 Å². The minimum atomic E-state index is -0.307. The Hall–Kier alpha value is -2.36. The van der Waals surface area contributed by atoms with Crippen molar-refractivity contribution < 1.29 is 13.9 Å². The molecule has 2 N–H and O–H groups in total. The van der Waals surface area contributed by atoms with Gasteiger partial charge < -0.3 is 20.3 Å². The molecule has 8 heteroatoms. The van der Waals surface area contributed by atoms with Gasteiger partial charge >= 0.3 is 0 Å². The van der Waals surface area contributed by atoms with E-state index in [1.807, 2.05) is 36.2 Å². The van der Waals surface area contributed by atoms with Crippen LogP contribution in [0.5, 0.6) is 5.75 Å². The molecule has 0 aromatic heterocycles. The van der Waals surface area contributed by atoms with E-state index in [4.69, 9.17) is 4.74 Å². The molecule has 0 atom stereocenters. The van der Waals surface area contributed by atoms with Gasteiger partial charge in [-0.1, -0.05) is 24.3 Å². The predicted molar refractivity (Wildman–Crippen MR) is 124 cm³/mol. The van der Waals surface area contributed by atoms with E-state index in [2.05, 4.69) is 15.6 Å². The van der Waals surface area contributed by atoms with Crippen LogP contribution in [0.4, 0.5) is 4.39 Å². The SMILES string of the molecule is CN=C(NCCNC(=O)Cc1ccc(F)cc1)N(C)Cc1ccc(OC)cc1.I. The quantitative estimate of drug-likeness (QED) is 0.246. The summed E-state index contributed by atoms with van der Waals surface area (Å²) in [6, 6.07) is 13.8. The molecule has 2 aromatic carbocycles. The van der Waals surface area contributed by atoms with Gasteiger partial charge in [0.05, 0.1) is 13.5 Å². The fourth-order valence-electron chi connectivity index (χ4n) is 2.69. The fourth-order valence-corrected chi connectivity index (χ4v) is 2.69. The largest absolute Gasteiger partial charge is 0.497 e. The molecule has 0 spiro atoms. The molecule has 0 saturated heterocycles. The van der Waals surface area contributed by atoms with Crippen LogP contribution in [0.15, 0.2) is 53.5 Å². The molecule has 1 amide bonds. The highest BCUT2D eigenvalue weighted by atomic mass is 127. The van der Waals surface area contributed by atoms with Crippen molar-refractivity contribution in [2.75, 3.05) is 34.3 Å². The first-order valence-electron chi connectivity index (χ1n) is 9.07. The maximum absolute atomic E-state index is 12.9. The third-order valence-electron chi connectivity index (χ3n) is 4.16. The summed E-state index contributed by atoms with van der Waals surface area (Å²) < 4.78 is 18.1. The number of nitrogens with zero attached hydrogens (tertiary/aromatic N) is 2. The molecule has 0 aliphatic heterocycles. The highest BCUT2D eigenvalue weighted by Crippen LogP contribution is 2.12. The molecule has 2 rings (SSSR count). The lowest BCUT2D eigenvalue weighted by Gasteiger charge is -2.22. The van der Waals surface area contributed by atoms with E-state index < -0.39 is 0 Å². The number of rotatable bonds is 8. The van der Waals surface area contributed by atoms with E-state index in [-0.39, 0.29) is 42.1 Å². The smallest absolute Gasteiger partial charge is 0.224 e. The molecule has 0 bridgehead atoms. The van der Waals surface area contributed by atoms with Gasteiger partial charge in [-0.3, -0.25) is 9.79 Å². The minimum Gasteiger partial charge on any atom is -0.497 e. The Morgan fingerprint density at radius 2 is 1.62 bits per heavy atom. The first-order valence-corrected chi connectivity index (χ1v) is 9.07. The van der Waals surface area contributed by atoms with Gasteiger partial charge in [-0.15, -0.1) is 24.0 Å². The summed E-state index contributed by atoms with van der Waals surface area (Å²) in [4.78, 5) is 18.2. The third kappa shape index (κ3) is 8.68. The molecule has 0 radical (unpaired) electrons. The van der Waals surface area contributed by atoms with Gasteiger partial charge in [0.1, 0.15) is 11.6 Å². The number of nitrogens with one attached hydrogen (secondary N) is 2. The van der Waals surface area contributed by atoms with Crippen LogP contribution in [0, 0.1) is 5.82 Å². The van der Waals surface area contributed by atoms with Crippen LogP contribution in [0.2, 0.25) is 0 Å². The number of guanidine groups is 1. The summed E-state index contributed by atoms with van der Waals surface area (Å²) in [5.74, 6) is 1.15. The number of halogens is 2. The van der Waals surface area contributed by atoms with Crippen LogP contribution in [0.25, 0.3) is 0 Å².